The highest BCUT2D eigenvalue weighted by Crippen LogP contribution is 2.30. The third-order valence-electron chi connectivity index (χ3n) is 3.81. The van der Waals surface area contributed by atoms with Crippen molar-refractivity contribution >= 4 is 33.2 Å². The second kappa shape index (κ2) is 5.31. The number of ether oxygens (including phenoxy) is 1. The predicted octanol–water partition coefficient (Wildman–Crippen LogP) is 3.29. The lowest BCUT2D eigenvalue weighted by atomic mass is 9.90. The van der Waals surface area contributed by atoms with Gasteiger partial charge in [0.1, 0.15) is 0 Å². The highest BCUT2D eigenvalue weighted by atomic mass is 79.9. The Balaban J connectivity index is 1.79. The molecular formula is C13H16BrNO2S. The summed E-state index contributed by atoms with van der Waals surface area (Å²) in [5.74, 6) is 0.164. The molecule has 1 amide bonds. The van der Waals surface area contributed by atoms with Gasteiger partial charge in [-0.25, -0.2) is 0 Å². The van der Waals surface area contributed by atoms with E-state index in [0.717, 1.165) is 28.7 Å². The van der Waals surface area contributed by atoms with E-state index in [9.17, 15) is 4.79 Å². The smallest absolute Gasteiger partial charge is 0.255 e. The molecule has 1 aliphatic heterocycles. The van der Waals surface area contributed by atoms with Crippen LogP contribution in [0.4, 0.5) is 0 Å². The van der Waals surface area contributed by atoms with E-state index in [1.807, 2.05) is 16.3 Å². The van der Waals surface area contributed by atoms with Gasteiger partial charge >= 0.3 is 0 Å². The zero-order valence-electron chi connectivity index (χ0n) is 10.1. The predicted molar refractivity (Wildman–Crippen MR) is 75.1 cm³/mol. The highest BCUT2D eigenvalue weighted by molar-refractivity contribution is 9.11. The SMILES string of the molecule is O=C(c1csc(Br)c1)N1CCOC2CCCCC21. The summed E-state index contributed by atoms with van der Waals surface area (Å²) in [5.41, 5.74) is 0.804. The molecule has 18 heavy (non-hydrogen) atoms. The summed E-state index contributed by atoms with van der Waals surface area (Å²) in [5, 5.41) is 1.93. The van der Waals surface area contributed by atoms with Crippen molar-refractivity contribution in [2.75, 3.05) is 13.2 Å². The summed E-state index contributed by atoms with van der Waals surface area (Å²) in [6.45, 7) is 1.41. The molecule has 0 bridgehead atoms. The van der Waals surface area contributed by atoms with Gasteiger partial charge in [0, 0.05) is 11.9 Å². The number of carbonyl (C=O) groups excluding carboxylic acids is 1. The number of morpholine rings is 1. The van der Waals surface area contributed by atoms with Crippen LogP contribution in [-0.4, -0.2) is 36.1 Å². The second-order valence-corrected chi connectivity index (χ2v) is 7.19. The van der Waals surface area contributed by atoms with E-state index < -0.39 is 0 Å². The van der Waals surface area contributed by atoms with Crippen molar-refractivity contribution < 1.29 is 9.53 Å². The Kier molecular flexibility index (Phi) is 3.73. The molecule has 2 heterocycles. The van der Waals surface area contributed by atoms with Crippen molar-refractivity contribution in [2.45, 2.75) is 37.8 Å². The molecule has 1 aromatic rings. The lowest BCUT2D eigenvalue weighted by Crippen LogP contribution is -2.54. The van der Waals surface area contributed by atoms with Crippen molar-refractivity contribution in [1.82, 2.24) is 4.90 Å². The Hall–Kier alpha value is -0.390. The van der Waals surface area contributed by atoms with Gasteiger partial charge in [-0.2, -0.15) is 0 Å². The molecule has 1 aliphatic carbocycles. The van der Waals surface area contributed by atoms with Crippen molar-refractivity contribution in [3.8, 4) is 0 Å². The van der Waals surface area contributed by atoms with Gasteiger partial charge in [0.15, 0.2) is 0 Å². The zero-order valence-corrected chi connectivity index (χ0v) is 12.5. The topological polar surface area (TPSA) is 29.5 Å². The highest BCUT2D eigenvalue weighted by Gasteiger charge is 2.37. The Morgan fingerprint density at radius 3 is 3.06 bits per heavy atom. The number of amides is 1. The first-order valence-corrected chi connectivity index (χ1v) is 8.09. The van der Waals surface area contributed by atoms with Gasteiger partial charge in [0.2, 0.25) is 0 Å². The average molecular weight is 330 g/mol. The minimum Gasteiger partial charge on any atom is -0.374 e. The van der Waals surface area contributed by atoms with E-state index in [0.29, 0.717) is 12.6 Å². The van der Waals surface area contributed by atoms with E-state index in [-0.39, 0.29) is 12.0 Å². The van der Waals surface area contributed by atoms with Gasteiger partial charge in [-0.3, -0.25) is 4.79 Å². The van der Waals surface area contributed by atoms with Gasteiger partial charge in [0.05, 0.1) is 28.1 Å². The molecule has 0 N–H and O–H groups in total. The Morgan fingerprint density at radius 2 is 2.28 bits per heavy atom. The van der Waals surface area contributed by atoms with Crippen LogP contribution in [0.15, 0.2) is 15.2 Å². The van der Waals surface area contributed by atoms with Crippen LogP contribution in [0.3, 0.4) is 0 Å². The number of nitrogens with zero attached hydrogens (tertiary/aromatic N) is 1. The fraction of sp³-hybridized carbons (Fsp3) is 0.615. The van der Waals surface area contributed by atoms with Gasteiger partial charge in [-0.15, -0.1) is 11.3 Å². The summed E-state index contributed by atoms with van der Waals surface area (Å²) in [6.07, 6.45) is 4.89. The average Bonchev–Trinajstić information content (AvgIpc) is 2.84. The van der Waals surface area contributed by atoms with Crippen LogP contribution < -0.4 is 0 Å². The lowest BCUT2D eigenvalue weighted by Gasteiger charge is -2.43. The quantitative estimate of drug-likeness (QED) is 0.791. The number of rotatable bonds is 1. The number of thiophene rings is 1. The molecule has 5 heteroatoms. The van der Waals surface area contributed by atoms with Gasteiger partial charge in [0.25, 0.3) is 5.91 Å². The van der Waals surface area contributed by atoms with Crippen LogP contribution in [0.1, 0.15) is 36.0 Å². The summed E-state index contributed by atoms with van der Waals surface area (Å²) < 4.78 is 6.82. The monoisotopic (exact) mass is 329 g/mol. The van der Waals surface area contributed by atoms with Crippen LogP contribution in [0, 0.1) is 0 Å². The van der Waals surface area contributed by atoms with Crippen LogP contribution in [0.5, 0.6) is 0 Å². The molecule has 0 aromatic carbocycles. The van der Waals surface area contributed by atoms with Gasteiger partial charge in [-0.05, 0) is 34.8 Å². The standard InChI is InChI=1S/C13H16BrNO2S/c14-12-7-9(8-18-12)13(16)15-5-6-17-11-4-2-1-3-10(11)15/h7-8,10-11H,1-6H2. The molecule has 2 fully saturated rings. The van der Waals surface area contributed by atoms with Crippen molar-refractivity contribution in [3.05, 3.63) is 20.8 Å². The molecule has 98 valence electrons. The van der Waals surface area contributed by atoms with Crippen molar-refractivity contribution in [2.24, 2.45) is 0 Å². The van der Waals surface area contributed by atoms with E-state index in [1.54, 1.807) is 11.3 Å². The molecular weight excluding hydrogens is 314 g/mol. The van der Waals surface area contributed by atoms with E-state index in [2.05, 4.69) is 15.9 Å². The van der Waals surface area contributed by atoms with Crippen LogP contribution >= 0.6 is 27.3 Å². The van der Waals surface area contributed by atoms with Crippen LogP contribution in [0.2, 0.25) is 0 Å². The fourth-order valence-electron chi connectivity index (χ4n) is 2.94. The molecule has 3 nitrogen and oxygen atoms in total. The fourth-order valence-corrected chi connectivity index (χ4v) is 4.07. The summed E-state index contributed by atoms with van der Waals surface area (Å²) in [7, 11) is 0. The molecule has 1 saturated heterocycles. The van der Waals surface area contributed by atoms with Crippen molar-refractivity contribution in [1.29, 1.82) is 0 Å². The number of hydrogen-bond acceptors (Lipinski definition) is 3. The van der Waals surface area contributed by atoms with Crippen molar-refractivity contribution in [3.63, 3.8) is 0 Å². The first-order valence-electron chi connectivity index (χ1n) is 6.42. The maximum absolute atomic E-state index is 12.5. The zero-order chi connectivity index (χ0) is 12.5. The van der Waals surface area contributed by atoms with Gasteiger partial charge in [-0.1, -0.05) is 12.8 Å². The molecule has 2 aliphatic rings. The first-order chi connectivity index (χ1) is 8.75. The number of carbonyl (C=O) groups is 1. The van der Waals surface area contributed by atoms with E-state index in [4.69, 9.17) is 4.74 Å². The molecule has 0 radical (unpaired) electrons. The Bertz CT molecular complexity index is 446. The van der Waals surface area contributed by atoms with E-state index >= 15 is 0 Å². The molecule has 0 spiro atoms. The van der Waals surface area contributed by atoms with Crippen LogP contribution in [0.25, 0.3) is 0 Å². The largest absolute Gasteiger partial charge is 0.374 e. The van der Waals surface area contributed by atoms with Crippen LogP contribution in [-0.2, 0) is 4.74 Å². The summed E-state index contributed by atoms with van der Waals surface area (Å²) >= 11 is 4.98. The summed E-state index contributed by atoms with van der Waals surface area (Å²) in [4.78, 5) is 14.6. The minimum absolute atomic E-state index is 0.164. The van der Waals surface area contributed by atoms with E-state index in [1.165, 1.54) is 12.8 Å². The summed E-state index contributed by atoms with van der Waals surface area (Å²) in [6, 6.07) is 2.21. The maximum Gasteiger partial charge on any atom is 0.255 e. The molecule has 1 saturated carbocycles. The molecule has 2 unspecified atom stereocenters. The Labute approximate surface area is 119 Å². The first kappa shape index (κ1) is 12.6. The lowest BCUT2D eigenvalue weighted by molar-refractivity contribution is -0.0752. The number of hydrogen-bond donors (Lipinski definition) is 0. The number of halogens is 1. The number of fused-ring (bicyclic) bond motifs is 1. The van der Waals surface area contributed by atoms with Gasteiger partial charge < -0.3 is 9.64 Å². The minimum atomic E-state index is 0.164. The molecule has 2 atom stereocenters. The normalized spacial score (nSPS) is 27.9. The third kappa shape index (κ3) is 2.36. The molecule has 3 rings (SSSR count). The third-order valence-corrected chi connectivity index (χ3v) is 5.31. The Morgan fingerprint density at radius 1 is 1.44 bits per heavy atom. The second-order valence-electron chi connectivity index (χ2n) is 4.90. The maximum atomic E-state index is 12.5. The molecule has 1 aromatic heterocycles.